The molecule has 0 aliphatic carbocycles. The molecule has 0 fully saturated rings. The summed E-state index contributed by atoms with van der Waals surface area (Å²) < 4.78 is 6.11. The predicted octanol–water partition coefficient (Wildman–Crippen LogP) is 9.08. The van der Waals surface area contributed by atoms with Crippen LogP contribution in [-0.4, -0.2) is 18.0 Å². The van der Waals surface area contributed by atoms with Gasteiger partial charge in [0.15, 0.2) is 0 Å². The molecule has 39 heavy (non-hydrogen) atoms. The van der Waals surface area contributed by atoms with Gasteiger partial charge >= 0.3 is 0 Å². The molecule has 0 amide bonds. The van der Waals surface area contributed by atoms with Crippen molar-refractivity contribution in [1.82, 2.24) is 9.97 Å². The molecule has 188 valence electrons. The summed E-state index contributed by atoms with van der Waals surface area (Å²) in [6.45, 7) is 7.16. The fourth-order valence-corrected chi connectivity index (χ4v) is 6.49. The Hall–Kier alpha value is -4.54. The highest BCUT2D eigenvalue weighted by atomic mass is 28.3. The Morgan fingerprint density at radius 1 is 0.590 bits per heavy atom. The second-order valence-electron chi connectivity index (χ2n) is 11.2. The second-order valence-corrected chi connectivity index (χ2v) is 16.3. The number of nitrogens with zero attached hydrogens (tertiary/aromatic N) is 2. The highest BCUT2D eigenvalue weighted by Crippen LogP contribution is 2.35. The minimum Gasteiger partial charge on any atom is -0.437 e. The topological polar surface area (TPSA) is 38.9 Å². The van der Waals surface area contributed by atoms with E-state index in [0.717, 1.165) is 38.7 Å². The number of rotatable bonds is 4. The zero-order valence-electron chi connectivity index (χ0n) is 22.3. The number of para-hydroxylation sites is 1. The average Bonchev–Trinajstić information content (AvgIpc) is 3.35. The van der Waals surface area contributed by atoms with Gasteiger partial charge < -0.3 is 4.42 Å². The number of pyridine rings is 2. The van der Waals surface area contributed by atoms with E-state index < -0.39 is 8.07 Å². The summed E-state index contributed by atoms with van der Waals surface area (Å²) in [7, 11) is -1.29. The number of fused-ring (bicyclic) bond motifs is 4. The lowest BCUT2D eigenvalue weighted by Crippen LogP contribution is -2.37. The molecule has 4 heteroatoms. The van der Waals surface area contributed by atoms with E-state index in [2.05, 4.69) is 110 Å². The Morgan fingerprint density at radius 2 is 1.26 bits per heavy atom. The van der Waals surface area contributed by atoms with Crippen LogP contribution in [0.25, 0.3) is 66.4 Å². The predicted molar refractivity (Wildman–Crippen MR) is 166 cm³/mol. The molecule has 7 aromatic rings. The maximum Gasteiger partial charge on any atom is 0.227 e. The molecule has 3 aromatic heterocycles. The van der Waals surface area contributed by atoms with Gasteiger partial charge in [0, 0.05) is 34.3 Å². The maximum atomic E-state index is 6.11. The molecule has 0 radical (unpaired) electrons. The Morgan fingerprint density at radius 3 is 1.95 bits per heavy atom. The van der Waals surface area contributed by atoms with Crippen LogP contribution in [0.3, 0.4) is 0 Å². The first-order chi connectivity index (χ1) is 18.9. The number of hydrogen-bond acceptors (Lipinski definition) is 3. The normalized spacial score (nSPS) is 12.0. The van der Waals surface area contributed by atoms with Crippen LogP contribution < -0.4 is 5.19 Å². The van der Waals surface area contributed by atoms with Gasteiger partial charge in [-0.3, -0.25) is 4.98 Å². The van der Waals surface area contributed by atoms with Crippen molar-refractivity contribution in [3.05, 3.63) is 116 Å². The van der Waals surface area contributed by atoms with Crippen LogP contribution in [-0.2, 0) is 0 Å². The summed E-state index contributed by atoms with van der Waals surface area (Å²) in [5.41, 5.74) is 8.08. The van der Waals surface area contributed by atoms with Gasteiger partial charge in [-0.15, -0.1) is 0 Å². The summed E-state index contributed by atoms with van der Waals surface area (Å²) in [5.74, 6) is 0. The standard InChI is InChI=1S/C35H28N2OSi/c1-39(2,3)29-16-13-23(14-17-29)24-9-10-26-21-27(12-11-25(26)20-24)28-15-18-33(37-22-28)32-7-4-6-30-31-8-5-19-36-35(31)38-34(30)32/h4-22H,1-3H3. The minimum absolute atomic E-state index is 0.652. The number of benzene rings is 4. The lowest BCUT2D eigenvalue weighted by Gasteiger charge is -2.17. The fraction of sp³-hybridized carbons (Fsp3) is 0.0857. The molecule has 0 aliphatic rings. The van der Waals surface area contributed by atoms with Crippen molar-refractivity contribution in [3.8, 4) is 33.5 Å². The number of furan rings is 1. The zero-order chi connectivity index (χ0) is 26.6. The van der Waals surface area contributed by atoms with Crippen LogP contribution in [0.1, 0.15) is 0 Å². The van der Waals surface area contributed by atoms with E-state index in [-0.39, 0.29) is 0 Å². The van der Waals surface area contributed by atoms with Crippen LogP contribution in [0.15, 0.2) is 120 Å². The molecule has 3 nitrogen and oxygen atoms in total. The Kier molecular flexibility index (Phi) is 5.46. The summed E-state index contributed by atoms with van der Waals surface area (Å²) >= 11 is 0. The molecular weight excluding hydrogens is 492 g/mol. The molecule has 0 N–H and O–H groups in total. The van der Waals surface area contributed by atoms with Crippen molar-refractivity contribution in [1.29, 1.82) is 0 Å². The van der Waals surface area contributed by atoms with Crippen LogP contribution in [0, 0.1) is 0 Å². The maximum absolute atomic E-state index is 6.11. The first kappa shape index (κ1) is 23.6. The first-order valence-corrected chi connectivity index (χ1v) is 16.8. The molecule has 4 aromatic carbocycles. The molecule has 0 spiro atoms. The van der Waals surface area contributed by atoms with Gasteiger partial charge in [0.1, 0.15) is 5.58 Å². The molecular formula is C35H28N2OSi. The largest absolute Gasteiger partial charge is 0.437 e. The van der Waals surface area contributed by atoms with Crippen LogP contribution in [0.5, 0.6) is 0 Å². The molecule has 0 saturated carbocycles. The van der Waals surface area contributed by atoms with Crippen molar-refractivity contribution in [2.75, 3.05) is 0 Å². The van der Waals surface area contributed by atoms with Crippen LogP contribution in [0.2, 0.25) is 19.6 Å². The van der Waals surface area contributed by atoms with Crippen molar-refractivity contribution in [2.24, 2.45) is 0 Å². The monoisotopic (exact) mass is 520 g/mol. The molecule has 3 heterocycles. The van der Waals surface area contributed by atoms with Gasteiger partial charge in [-0.25, -0.2) is 4.98 Å². The molecule has 0 unspecified atom stereocenters. The fourth-order valence-electron chi connectivity index (χ4n) is 5.33. The van der Waals surface area contributed by atoms with E-state index >= 15 is 0 Å². The van der Waals surface area contributed by atoms with E-state index in [0.29, 0.717) is 5.71 Å². The summed E-state index contributed by atoms with van der Waals surface area (Å²) in [6, 6.07) is 36.9. The van der Waals surface area contributed by atoms with Crippen LogP contribution >= 0.6 is 0 Å². The summed E-state index contributed by atoms with van der Waals surface area (Å²) in [5, 5.41) is 6.03. The number of hydrogen-bond donors (Lipinski definition) is 0. The van der Waals surface area contributed by atoms with Gasteiger partial charge in [0.25, 0.3) is 0 Å². The second kappa shape index (κ2) is 9.04. The Labute approximate surface area is 228 Å². The average molecular weight is 521 g/mol. The summed E-state index contributed by atoms with van der Waals surface area (Å²) in [4.78, 5) is 9.21. The zero-order valence-corrected chi connectivity index (χ0v) is 23.3. The third-order valence-corrected chi connectivity index (χ3v) is 9.64. The molecule has 0 aliphatic heterocycles. The van der Waals surface area contributed by atoms with E-state index in [4.69, 9.17) is 9.40 Å². The Balaban J connectivity index is 1.19. The minimum atomic E-state index is -1.29. The van der Waals surface area contributed by atoms with E-state index in [1.165, 1.54) is 27.1 Å². The lowest BCUT2D eigenvalue weighted by molar-refractivity contribution is 0.655. The summed E-state index contributed by atoms with van der Waals surface area (Å²) in [6.07, 6.45) is 3.71. The van der Waals surface area contributed by atoms with Crippen molar-refractivity contribution in [3.63, 3.8) is 0 Å². The smallest absolute Gasteiger partial charge is 0.227 e. The van der Waals surface area contributed by atoms with E-state index in [1.54, 1.807) is 6.20 Å². The van der Waals surface area contributed by atoms with Crippen molar-refractivity contribution >= 4 is 46.1 Å². The van der Waals surface area contributed by atoms with Gasteiger partial charge in [-0.2, -0.15) is 0 Å². The highest BCUT2D eigenvalue weighted by Gasteiger charge is 2.16. The highest BCUT2D eigenvalue weighted by molar-refractivity contribution is 6.88. The Bertz CT molecular complexity index is 1980. The third kappa shape index (κ3) is 4.23. The number of aromatic nitrogens is 2. The quantitative estimate of drug-likeness (QED) is 0.217. The van der Waals surface area contributed by atoms with Gasteiger partial charge in [0.2, 0.25) is 5.71 Å². The van der Waals surface area contributed by atoms with E-state index in [9.17, 15) is 0 Å². The lowest BCUT2D eigenvalue weighted by atomic mass is 9.98. The molecule has 0 bridgehead atoms. The molecule has 0 atom stereocenters. The third-order valence-electron chi connectivity index (χ3n) is 7.57. The van der Waals surface area contributed by atoms with Gasteiger partial charge in [-0.05, 0) is 63.9 Å². The van der Waals surface area contributed by atoms with Crippen LogP contribution in [0.4, 0.5) is 0 Å². The SMILES string of the molecule is C[Si](C)(C)c1ccc(-c2ccc3cc(-c4ccc(-c5cccc6c5oc5ncccc56)nc4)ccc3c2)cc1. The van der Waals surface area contributed by atoms with E-state index in [1.807, 2.05) is 24.4 Å². The molecule has 7 rings (SSSR count). The molecule has 0 saturated heterocycles. The first-order valence-electron chi connectivity index (χ1n) is 13.3. The van der Waals surface area contributed by atoms with Gasteiger partial charge in [0.05, 0.1) is 13.8 Å². The van der Waals surface area contributed by atoms with Gasteiger partial charge in [-0.1, -0.05) is 91.6 Å². The van der Waals surface area contributed by atoms with Crippen molar-refractivity contribution in [2.45, 2.75) is 19.6 Å². The van der Waals surface area contributed by atoms with Crippen molar-refractivity contribution < 1.29 is 4.42 Å².